The second-order valence-electron chi connectivity index (χ2n) is 5.70. The first kappa shape index (κ1) is 19.1. The van der Waals surface area contributed by atoms with Crippen LogP contribution in [0.15, 0.2) is 11.2 Å². The maximum absolute atomic E-state index is 4.65. The molecule has 0 saturated heterocycles. The highest BCUT2D eigenvalue weighted by molar-refractivity contribution is 14.0. The van der Waals surface area contributed by atoms with Crippen LogP contribution >= 0.6 is 35.3 Å². The standard InChI is InChI=1S/C15H23N7S.HI/c1-4-16-15(18-8-14-17-7-10(2)23-14)20-12-5-6-13-19-11(3)21-22(13)9-12;/h7,12H,4-6,8-9H2,1-3H3,(H2,16,18,20);1H. The van der Waals surface area contributed by atoms with Gasteiger partial charge in [-0.05, 0) is 27.2 Å². The zero-order chi connectivity index (χ0) is 16.2. The molecule has 1 aliphatic rings. The van der Waals surface area contributed by atoms with Crippen molar-refractivity contribution < 1.29 is 0 Å². The lowest BCUT2D eigenvalue weighted by molar-refractivity contribution is 0.392. The van der Waals surface area contributed by atoms with E-state index in [2.05, 4.69) is 44.5 Å². The summed E-state index contributed by atoms with van der Waals surface area (Å²) >= 11 is 1.69. The molecular weight excluding hydrogens is 437 g/mol. The van der Waals surface area contributed by atoms with E-state index < -0.39 is 0 Å². The average molecular weight is 461 g/mol. The van der Waals surface area contributed by atoms with Crippen LogP contribution in [-0.4, -0.2) is 38.3 Å². The second-order valence-corrected chi connectivity index (χ2v) is 7.02. The third kappa shape index (κ3) is 4.88. The van der Waals surface area contributed by atoms with Crippen LogP contribution in [0.25, 0.3) is 0 Å². The van der Waals surface area contributed by atoms with Crippen molar-refractivity contribution in [3.05, 3.63) is 27.7 Å². The molecule has 1 atom stereocenters. The Kier molecular flexibility index (Phi) is 6.96. The number of rotatable bonds is 4. The molecule has 0 radical (unpaired) electrons. The minimum Gasteiger partial charge on any atom is -0.357 e. The van der Waals surface area contributed by atoms with E-state index >= 15 is 0 Å². The lowest BCUT2D eigenvalue weighted by Crippen LogP contribution is -2.47. The first-order valence-electron chi connectivity index (χ1n) is 8.00. The van der Waals surface area contributed by atoms with Gasteiger partial charge in [-0.3, -0.25) is 0 Å². The zero-order valence-corrected chi connectivity index (χ0v) is 17.4. The Bertz CT molecular complexity index is 694. The summed E-state index contributed by atoms with van der Waals surface area (Å²) in [7, 11) is 0. The van der Waals surface area contributed by atoms with Gasteiger partial charge in [-0.25, -0.2) is 19.6 Å². The molecule has 0 bridgehead atoms. The average Bonchev–Trinajstić information content (AvgIpc) is 3.09. The molecule has 2 aromatic rings. The number of guanidine groups is 1. The van der Waals surface area contributed by atoms with E-state index in [0.29, 0.717) is 12.6 Å². The third-order valence-electron chi connectivity index (χ3n) is 3.69. The van der Waals surface area contributed by atoms with E-state index in [9.17, 15) is 0 Å². The molecule has 7 nitrogen and oxygen atoms in total. The molecule has 1 unspecified atom stereocenters. The lowest BCUT2D eigenvalue weighted by Gasteiger charge is -2.25. The van der Waals surface area contributed by atoms with Crippen molar-refractivity contribution in [2.24, 2.45) is 4.99 Å². The number of nitrogens with one attached hydrogen (secondary N) is 2. The first-order valence-corrected chi connectivity index (χ1v) is 8.82. The number of thiazole rings is 1. The largest absolute Gasteiger partial charge is 0.357 e. The molecule has 24 heavy (non-hydrogen) atoms. The summed E-state index contributed by atoms with van der Waals surface area (Å²) < 4.78 is 2.00. The maximum Gasteiger partial charge on any atom is 0.191 e. The monoisotopic (exact) mass is 461 g/mol. The van der Waals surface area contributed by atoms with Gasteiger partial charge in [0.05, 0.1) is 13.1 Å². The molecule has 2 aromatic heterocycles. The molecule has 3 rings (SSSR count). The molecule has 0 saturated carbocycles. The van der Waals surface area contributed by atoms with Gasteiger partial charge in [-0.15, -0.1) is 35.3 Å². The molecule has 1 aliphatic heterocycles. The summed E-state index contributed by atoms with van der Waals surface area (Å²) in [6, 6.07) is 0.319. The van der Waals surface area contributed by atoms with Gasteiger partial charge in [-0.1, -0.05) is 0 Å². The topological polar surface area (TPSA) is 80.0 Å². The van der Waals surface area contributed by atoms with Gasteiger partial charge in [0, 0.05) is 30.1 Å². The fraction of sp³-hybridized carbons (Fsp3) is 0.600. The van der Waals surface area contributed by atoms with Crippen LogP contribution in [0.1, 0.15) is 34.9 Å². The van der Waals surface area contributed by atoms with Crippen molar-refractivity contribution in [2.75, 3.05) is 6.54 Å². The number of aryl methyl sites for hydroxylation is 3. The Morgan fingerprint density at radius 1 is 1.46 bits per heavy atom. The van der Waals surface area contributed by atoms with Crippen molar-refractivity contribution in [2.45, 2.75) is 52.7 Å². The van der Waals surface area contributed by atoms with E-state index in [0.717, 1.165) is 48.5 Å². The molecule has 0 aliphatic carbocycles. The Labute approximate surface area is 163 Å². The first-order chi connectivity index (χ1) is 11.1. The summed E-state index contributed by atoms with van der Waals surface area (Å²) in [4.78, 5) is 14.7. The van der Waals surface area contributed by atoms with Gasteiger partial charge in [0.15, 0.2) is 5.96 Å². The fourth-order valence-electron chi connectivity index (χ4n) is 2.69. The van der Waals surface area contributed by atoms with Crippen molar-refractivity contribution in [3.63, 3.8) is 0 Å². The van der Waals surface area contributed by atoms with Crippen LogP contribution in [0, 0.1) is 13.8 Å². The Morgan fingerprint density at radius 2 is 2.29 bits per heavy atom. The minimum absolute atomic E-state index is 0. The van der Waals surface area contributed by atoms with E-state index in [1.807, 2.05) is 17.8 Å². The molecular formula is C15H24IN7S. The Hall–Kier alpha value is -1.23. The van der Waals surface area contributed by atoms with Gasteiger partial charge in [0.25, 0.3) is 0 Å². The van der Waals surface area contributed by atoms with Crippen LogP contribution < -0.4 is 10.6 Å². The summed E-state index contributed by atoms with van der Waals surface area (Å²) in [6.07, 6.45) is 3.88. The fourth-order valence-corrected chi connectivity index (χ4v) is 3.40. The lowest BCUT2D eigenvalue weighted by atomic mass is 10.1. The van der Waals surface area contributed by atoms with Gasteiger partial charge in [0.1, 0.15) is 16.7 Å². The van der Waals surface area contributed by atoms with E-state index in [1.165, 1.54) is 4.88 Å². The summed E-state index contributed by atoms with van der Waals surface area (Å²) in [5, 5.41) is 12.3. The molecule has 0 amide bonds. The highest BCUT2D eigenvalue weighted by Gasteiger charge is 2.21. The van der Waals surface area contributed by atoms with Crippen LogP contribution in [0.2, 0.25) is 0 Å². The number of halogens is 1. The van der Waals surface area contributed by atoms with Gasteiger partial charge >= 0.3 is 0 Å². The van der Waals surface area contributed by atoms with E-state index in [1.54, 1.807) is 11.3 Å². The maximum atomic E-state index is 4.65. The van der Waals surface area contributed by atoms with Crippen LogP contribution in [-0.2, 0) is 19.5 Å². The number of fused-ring (bicyclic) bond motifs is 1. The molecule has 0 aromatic carbocycles. The van der Waals surface area contributed by atoms with E-state index in [4.69, 9.17) is 0 Å². The van der Waals surface area contributed by atoms with Crippen molar-refractivity contribution >= 4 is 41.3 Å². The van der Waals surface area contributed by atoms with Gasteiger partial charge in [-0.2, -0.15) is 5.10 Å². The van der Waals surface area contributed by atoms with Gasteiger partial charge in [0.2, 0.25) is 0 Å². The Balaban J connectivity index is 0.00000208. The number of hydrogen-bond acceptors (Lipinski definition) is 5. The highest BCUT2D eigenvalue weighted by Crippen LogP contribution is 2.14. The predicted molar refractivity (Wildman–Crippen MR) is 107 cm³/mol. The molecule has 0 fully saturated rings. The quantitative estimate of drug-likeness (QED) is 0.414. The predicted octanol–water partition coefficient (Wildman–Crippen LogP) is 2.04. The molecule has 3 heterocycles. The summed E-state index contributed by atoms with van der Waals surface area (Å²) in [5.74, 6) is 2.77. The number of nitrogens with zero attached hydrogens (tertiary/aromatic N) is 5. The van der Waals surface area contributed by atoms with Crippen molar-refractivity contribution in [3.8, 4) is 0 Å². The van der Waals surface area contributed by atoms with Crippen LogP contribution in [0.5, 0.6) is 0 Å². The number of aliphatic imine (C=N–C) groups is 1. The number of aromatic nitrogens is 4. The minimum atomic E-state index is 0. The third-order valence-corrected chi connectivity index (χ3v) is 4.59. The van der Waals surface area contributed by atoms with Crippen molar-refractivity contribution in [1.82, 2.24) is 30.4 Å². The van der Waals surface area contributed by atoms with Crippen LogP contribution in [0.4, 0.5) is 0 Å². The Morgan fingerprint density at radius 3 is 3.00 bits per heavy atom. The smallest absolute Gasteiger partial charge is 0.191 e. The summed E-state index contributed by atoms with van der Waals surface area (Å²) in [5.41, 5.74) is 0. The molecule has 9 heteroatoms. The summed E-state index contributed by atoms with van der Waals surface area (Å²) in [6.45, 7) is 8.35. The number of hydrogen-bond donors (Lipinski definition) is 2. The normalized spacial score (nSPS) is 17.1. The molecule has 2 N–H and O–H groups in total. The van der Waals surface area contributed by atoms with Gasteiger partial charge < -0.3 is 10.6 Å². The van der Waals surface area contributed by atoms with E-state index in [-0.39, 0.29) is 24.0 Å². The second kappa shape index (κ2) is 8.75. The molecule has 0 spiro atoms. The highest BCUT2D eigenvalue weighted by atomic mass is 127. The van der Waals surface area contributed by atoms with Crippen LogP contribution in [0.3, 0.4) is 0 Å². The SMILES string of the molecule is CCNC(=NCc1ncc(C)s1)NC1CCc2nc(C)nn2C1.I. The zero-order valence-electron chi connectivity index (χ0n) is 14.2. The van der Waals surface area contributed by atoms with Crippen molar-refractivity contribution in [1.29, 1.82) is 0 Å². The molecule has 132 valence electrons.